The molecule has 2 aromatic heterocycles. The molecule has 2 heterocycles. The summed E-state index contributed by atoms with van der Waals surface area (Å²) in [6, 6.07) is 11.0. The molecule has 0 saturated heterocycles. The number of amides is 1. The van der Waals surface area contributed by atoms with E-state index in [0.717, 1.165) is 34.6 Å². The van der Waals surface area contributed by atoms with Crippen LogP contribution in [0.3, 0.4) is 0 Å². The van der Waals surface area contributed by atoms with Crippen molar-refractivity contribution in [3.63, 3.8) is 0 Å². The van der Waals surface area contributed by atoms with Gasteiger partial charge in [-0.05, 0) is 42.3 Å². The number of imidazole rings is 1. The van der Waals surface area contributed by atoms with Gasteiger partial charge in [-0.25, -0.2) is 13.8 Å². The van der Waals surface area contributed by atoms with E-state index in [1.807, 2.05) is 25.1 Å². The minimum Gasteiger partial charge on any atom is -0.342 e. The van der Waals surface area contributed by atoms with E-state index in [2.05, 4.69) is 20.4 Å². The molecule has 0 fully saturated rings. The number of aromatic amines is 1. The molecule has 0 saturated carbocycles. The second-order valence-corrected chi connectivity index (χ2v) is 6.55. The molecule has 1 amide bonds. The Morgan fingerprint density at radius 3 is 2.75 bits per heavy atom. The predicted octanol–water partition coefficient (Wildman–Crippen LogP) is 3.58. The van der Waals surface area contributed by atoms with Crippen LogP contribution in [-0.2, 0) is 17.8 Å². The number of rotatable bonds is 5. The Morgan fingerprint density at radius 1 is 1.11 bits per heavy atom. The molecule has 0 radical (unpaired) electrons. The van der Waals surface area contributed by atoms with Gasteiger partial charge in [0.05, 0.1) is 24.0 Å². The molecular weight excluding hydrogens is 364 g/mol. The number of nitrogens with one attached hydrogen (secondary N) is 2. The molecule has 0 atom stereocenters. The Morgan fingerprint density at radius 2 is 1.93 bits per heavy atom. The van der Waals surface area contributed by atoms with E-state index in [1.165, 1.54) is 6.07 Å². The van der Waals surface area contributed by atoms with Crippen molar-refractivity contribution in [2.75, 3.05) is 5.32 Å². The Bertz CT molecular complexity index is 1160. The Labute approximate surface area is 159 Å². The van der Waals surface area contributed by atoms with Crippen LogP contribution in [-0.4, -0.2) is 25.7 Å². The number of nitrogens with zero attached hydrogens (tertiary/aromatic N) is 3. The van der Waals surface area contributed by atoms with Gasteiger partial charge in [-0.2, -0.15) is 5.10 Å². The summed E-state index contributed by atoms with van der Waals surface area (Å²) in [6.45, 7) is 2.14. The molecule has 0 aliphatic heterocycles. The van der Waals surface area contributed by atoms with E-state index in [-0.39, 0.29) is 18.9 Å². The van der Waals surface area contributed by atoms with E-state index in [1.54, 1.807) is 16.9 Å². The Kier molecular flexibility index (Phi) is 4.60. The van der Waals surface area contributed by atoms with Crippen molar-refractivity contribution in [3.05, 3.63) is 77.2 Å². The molecule has 8 heteroatoms. The second-order valence-electron chi connectivity index (χ2n) is 6.55. The number of hydrogen-bond acceptors (Lipinski definition) is 3. The molecule has 142 valence electrons. The van der Waals surface area contributed by atoms with Gasteiger partial charge in [0.2, 0.25) is 5.91 Å². The third-order valence-electron chi connectivity index (χ3n) is 4.27. The molecule has 0 aliphatic rings. The van der Waals surface area contributed by atoms with Gasteiger partial charge in [0, 0.05) is 12.3 Å². The number of H-pyrrole nitrogens is 1. The van der Waals surface area contributed by atoms with Gasteiger partial charge in [0.1, 0.15) is 5.82 Å². The highest BCUT2D eigenvalue weighted by Gasteiger charge is 2.09. The average molecular weight is 381 g/mol. The fourth-order valence-corrected chi connectivity index (χ4v) is 3.01. The lowest BCUT2D eigenvalue weighted by atomic mass is 10.1. The number of carbonyl (C=O) groups is 1. The lowest BCUT2D eigenvalue weighted by Gasteiger charge is -2.04. The Hall–Kier alpha value is -3.55. The van der Waals surface area contributed by atoms with E-state index in [4.69, 9.17) is 0 Å². The minimum absolute atomic E-state index is 0.198. The predicted molar refractivity (Wildman–Crippen MR) is 101 cm³/mol. The molecule has 2 aromatic carbocycles. The summed E-state index contributed by atoms with van der Waals surface area (Å²) in [7, 11) is 0. The minimum atomic E-state index is -0.900. The van der Waals surface area contributed by atoms with Crippen LogP contribution in [0.15, 0.2) is 48.7 Å². The normalized spacial score (nSPS) is 11.1. The molecule has 4 aromatic rings. The third kappa shape index (κ3) is 3.90. The van der Waals surface area contributed by atoms with Crippen molar-refractivity contribution < 1.29 is 13.6 Å². The molecule has 0 bridgehead atoms. The number of anilines is 1. The SMILES string of the molecule is Cc1nc2ccc(CC(=O)Nc3ccn(Cc4ccc(F)c(F)c4)n3)cc2[nH]1. The van der Waals surface area contributed by atoms with E-state index < -0.39 is 11.6 Å². The second kappa shape index (κ2) is 7.22. The van der Waals surface area contributed by atoms with Crippen LogP contribution < -0.4 is 5.32 Å². The summed E-state index contributed by atoms with van der Waals surface area (Å²) in [6.07, 6.45) is 1.86. The lowest BCUT2D eigenvalue weighted by molar-refractivity contribution is -0.115. The Balaban J connectivity index is 1.39. The zero-order chi connectivity index (χ0) is 19.7. The number of aromatic nitrogens is 4. The first kappa shape index (κ1) is 17.8. The first-order valence-electron chi connectivity index (χ1n) is 8.69. The lowest BCUT2D eigenvalue weighted by Crippen LogP contribution is -2.15. The highest BCUT2D eigenvalue weighted by Crippen LogP contribution is 2.15. The largest absolute Gasteiger partial charge is 0.342 e. The van der Waals surface area contributed by atoms with E-state index in [9.17, 15) is 13.6 Å². The van der Waals surface area contributed by atoms with Crippen LogP contribution in [0.1, 0.15) is 17.0 Å². The highest BCUT2D eigenvalue weighted by atomic mass is 19.2. The maximum absolute atomic E-state index is 13.3. The van der Waals surface area contributed by atoms with Gasteiger partial charge in [-0.1, -0.05) is 12.1 Å². The van der Waals surface area contributed by atoms with Crippen LogP contribution in [0.4, 0.5) is 14.6 Å². The summed E-state index contributed by atoms with van der Waals surface area (Å²) in [5.74, 6) is -0.772. The van der Waals surface area contributed by atoms with Crippen molar-refractivity contribution >= 4 is 22.8 Å². The van der Waals surface area contributed by atoms with Crippen LogP contribution in [0.25, 0.3) is 11.0 Å². The van der Waals surface area contributed by atoms with Crippen LogP contribution >= 0.6 is 0 Å². The van der Waals surface area contributed by atoms with Crippen molar-refractivity contribution in [1.82, 2.24) is 19.7 Å². The number of hydrogen-bond donors (Lipinski definition) is 2. The van der Waals surface area contributed by atoms with Crippen LogP contribution in [0, 0.1) is 18.6 Å². The number of halogens is 2. The van der Waals surface area contributed by atoms with Gasteiger partial charge >= 0.3 is 0 Å². The van der Waals surface area contributed by atoms with Crippen LogP contribution in [0.2, 0.25) is 0 Å². The first-order chi connectivity index (χ1) is 13.5. The molecule has 28 heavy (non-hydrogen) atoms. The van der Waals surface area contributed by atoms with E-state index >= 15 is 0 Å². The average Bonchev–Trinajstić information content (AvgIpc) is 3.23. The summed E-state index contributed by atoms with van der Waals surface area (Å²) in [5, 5.41) is 6.98. The maximum Gasteiger partial charge on any atom is 0.229 e. The fourth-order valence-electron chi connectivity index (χ4n) is 3.01. The van der Waals surface area contributed by atoms with Crippen molar-refractivity contribution in [2.45, 2.75) is 19.9 Å². The quantitative estimate of drug-likeness (QED) is 0.555. The van der Waals surface area contributed by atoms with E-state index in [0.29, 0.717) is 11.4 Å². The van der Waals surface area contributed by atoms with Gasteiger partial charge in [-0.3, -0.25) is 9.48 Å². The highest BCUT2D eigenvalue weighted by molar-refractivity contribution is 5.92. The van der Waals surface area contributed by atoms with Gasteiger partial charge in [0.25, 0.3) is 0 Å². The molecule has 0 spiro atoms. The summed E-state index contributed by atoms with van der Waals surface area (Å²) >= 11 is 0. The zero-order valence-corrected chi connectivity index (χ0v) is 15.0. The van der Waals surface area contributed by atoms with Gasteiger partial charge < -0.3 is 10.3 Å². The number of benzene rings is 2. The smallest absolute Gasteiger partial charge is 0.229 e. The number of fused-ring (bicyclic) bond motifs is 1. The van der Waals surface area contributed by atoms with Gasteiger partial charge in [-0.15, -0.1) is 0 Å². The molecule has 6 nitrogen and oxygen atoms in total. The molecule has 0 aliphatic carbocycles. The monoisotopic (exact) mass is 381 g/mol. The van der Waals surface area contributed by atoms with Crippen LogP contribution in [0.5, 0.6) is 0 Å². The zero-order valence-electron chi connectivity index (χ0n) is 15.0. The first-order valence-corrected chi connectivity index (χ1v) is 8.69. The number of aryl methyl sites for hydroxylation is 1. The summed E-state index contributed by atoms with van der Waals surface area (Å²) in [5.41, 5.74) is 3.18. The van der Waals surface area contributed by atoms with Gasteiger partial charge in [0.15, 0.2) is 17.5 Å². The van der Waals surface area contributed by atoms with Crippen molar-refractivity contribution in [3.8, 4) is 0 Å². The number of carbonyl (C=O) groups excluding carboxylic acids is 1. The maximum atomic E-state index is 13.3. The molecule has 2 N–H and O–H groups in total. The third-order valence-corrected chi connectivity index (χ3v) is 4.27. The van der Waals surface area contributed by atoms with Crippen molar-refractivity contribution in [2.24, 2.45) is 0 Å². The molecular formula is C20H17F2N5O. The summed E-state index contributed by atoms with van der Waals surface area (Å²) in [4.78, 5) is 19.8. The molecule has 0 unspecified atom stereocenters. The molecule has 4 rings (SSSR count). The standard InChI is InChI=1S/C20H17F2N5O/c1-12-23-17-5-3-13(9-18(17)24-12)10-20(28)25-19-6-7-27(26-19)11-14-2-4-15(21)16(22)8-14/h2-9H,10-11H2,1H3,(H,23,24)(H,25,26,28). The van der Waals surface area contributed by atoms with Crippen molar-refractivity contribution in [1.29, 1.82) is 0 Å². The fraction of sp³-hybridized carbons (Fsp3) is 0.150. The summed E-state index contributed by atoms with van der Waals surface area (Å²) < 4.78 is 27.8. The topological polar surface area (TPSA) is 75.6 Å².